The summed E-state index contributed by atoms with van der Waals surface area (Å²) >= 11 is 12.4. The topological polar surface area (TPSA) is 52.6 Å². The highest BCUT2D eigenvalue weighted by Gasteiger charge is 2.27. The first kappa shape index (κ1) is 18.6. The molecule has 0 aromatic heterocycles. The Hall–Kier alpha value is -1.75. The summed E-state index contributed by atoms with van der Waals surface area (Å²) in [4.78, 5) is 13.8. The molecule has 0 bridgehead atoms. The lowest BCUT2D eigenvalue weighted by molar-refractivity contribution is -0.143. The van der Waals surface area contributed by atoms with Gasteiger partial charge in [-0.15, -0.1) is 0 Å². The summed E-state index contributed by atoms with van der Waals surface area (Å²) < 4.78 is 0. The molecular formula is C18H20Cl2N2O2. The van der Waals surface area contributed by atoms with Gasteiger partial charge in [-0.2, -0.15) is 0 Å². The van der Waals surface area contributed by atoms with Crippen molar-refractivity contribution < 1.29 is 9.90 Å². The van der Waals surface area contributed by atoms with Crippen LogP contribution in [0, 0.1) is 0 Å². The molecule has 2 aromatic rings. The number of aliphatic carboxylic acids is 1. The number of hydrogen-bond acceptors (Lipinski definition) is 3. The SMILES string of the molecule is CCN(CC)C(C(=O)O)c1ccccc1Nc1c(Cl)cccc1Cl. The van der Waals surface area contributed by atoms with Crippen molar-refractivity contribution in [1.29, 1.82) is 0 Å². The van der Waals surface area contributed by atoms with E-state index in [1.165, 1.54) is 0 Å². The Labute approximate surface area is 152 Å². The van der Waals surface area contributed by atoms with Gasteiger partial charge in [0.25, 0.3) is 0 Å². The number of nitrogens with one attached hydrogen (secondary N) is 1. The van der Waals surface area contributed by atoms with Gasteiger partial charge >= 0.3 is 5.97 Å². The van der Waals surface area contributed by atoms with Crippen molar-refractivity contribution >= 4 is 40.5 Å². The number of anilines is 2. The minimum absolute atomic E-state index is 0.479. The molecule has 2 rings (SSSR count). The lowest BCUT2D eigenvalue weighted by atomic mass is 10.0. The molecule has 1 atom stereocenters. The summed E-state index contributed by atoms with van der Waals surface area (Å²) in [6, 6.07) is 11.8. The number of para-hydroxylation sites is 2. The van der Waals surface area contributed by atoms with Crippen LogP contribution in [0.25, 0.3) is 0 Å². The van der Waals surface area contributed by atoms with Crippen molar-refractivity contribution in [2.45, 2.75) is 19.9 Å². The molecule has 0 aliphatic heterocycles. The Morgan fingerprint density at radius 3 is 2.21 bits per heavy atom. The zero-order chi connectivity index (χ0) is 17.7. The Kier molecular flexibility index (Phi) is 6.49. The van der Waals surface area contributed by atoms with Crippen LogP contribution >= 0.6 is 23.2 Å². The molecule has 24 heavy (non-hydrogen) atoms. The normalized spacial score (nSPS) is 12.2. The summed E-state index contributed by atoms with van der Waals surface area (Å²) in [6.07, 6.45) is 0. The molecule has 1 unspecified atom stereocenters. The van der Waals surface area contributed by atoms with E-state index in [0.29, 0.717) is 40.1 Å². The molecule has 6 heteroatoms. The van der Waals surface area contributed by atoms with Crippen LogP contribution in [0.1, 0.15) is 25.5 Å². The van der Waals surface area contributed by atoms with Crippen LogP contribution in [0.3, 0.4) is 0 Å². The lowest BCUT2D eigenvalue weighted by Crippen LogP contribution is -2.34. The molecule has 0 amide bonds. The van der Waals surface area contributed by atoms with Crippen LogP contribution in [-0.4, -0.2) is 29.1 Å². The van der Waals surface area contributed by atoms with Gasteiger partial charge in [0.2, 0.25) is 0 Å². The fourth-order valence-electron chi connectivity index (χ4n) is 2.68. The molecular weight excluding hydrogens is 347 g/mol. The molecule has 128 valence electrons. The Balaban J connectivity index is 2.48. The number of rotatable bonds is 7. The maximum Gasteiger partial charge on any atom is 0.325 e. The van der Waals surface area contributed by atoms with E-state index in [1.54, 1.807) is 18.2 Å². The van der Waals surface area contributed by atoms with Crippen molar-refractivity contribution in [3.63, 3.8) is 0 Å². The number of likely N-dealkylation sites (N-methyl/N-ethyl adjacent to an activating group) is 1. The first-order valence-electron chi connectivity index (χ1n) is 7.76. The molecule has 0 heterocycles. The second-order valence-corrected chi connectivity index (χ2v) is 6.09. The second-order valence-electron chi connectivity index (χ2n) is 5.27. The van der Waals surface area contributed by atoms with E-state index in [9.17, 15) is 9.90 Å². The van der Waals surface area contributed by atoms with Crippen LogP contribution in [0.2, 0.25) is 10.0 Å². The van der Waals surface area contributed by atoms with Crippen molar-refractivity contribution in [2.75, 3.05) is 18.4 Å². The second kappa shape index (κ2) is 8.38. The monoisotopic (exact) mass is 366 g/mol. The third-order valence-electron chi connectivity index (χ3n) is 3.89. The van der Waals surface area contributed by atoms with Crippen molar-refractivity contribution in [1.82, 2.24) is 4.90 Å². The summed E-state index contributed by atoms with van der Waals surface area (Å²) in [5, 5.41) is 13.9. The summed E-state index contributed by atoms with van der Waals surface area (Å²) in [5.74, 6) is -0.891. The quantitative estimate of drug-likeness (QED) is 0.706. The highest BCUT2D eigenvalue weighted by Crippen LogP contribution is 2.36. The Morgan fingerprint density at radius 2 is 1.67 bits per heavy atom. The third kappa shape index (κ3) is 4.01. The first-order chi connectivity index (χ1) is 11.5. The molecule has 0 spiro atoms. The van der Waals surface area contributed by atoms with Crippen LogP contribution in [0.5, 0.6) is 0 Å². The maximum absolute atomic E-state index is 11.9. The molecule has 0 aliphatic rings. The molecule has 0 saturated heterocycles. The number of halogens is 2. The van der Waals surface area contributed by atoms with Crippen LogP contribution in [0.15, 0.2) is 42.5 Å². The number of carboxylic acids is 1. The van der Waals surface area contributed by atoms with Crippen molar-refractivity contribution in [3.05, 3.63) is 58.1 Å². The summed E-state index contributed by atoms with van der Waals surface area (Å²) in [6.45, 7) is 5.16. The number of benzene rings is 2. The number of carbonyl (C=O) groups is 1. The predicted octanol–water partition coefficient (Wildman–Crippen LogP) is 5.20. The fraction of sp³-hybridized carbons (Fsp3) is 0.278. The zero-order valence-electron chi connectivity index (χ0n) is 13.6. The van der Waals surface area contributed by atoms with Gasteiger partial charge in [-0.3, -0.25) is 9.69 Å². The lowest BCUT2D eigenvalue weighted by Gasteiger charge is -2.28. The average Bonchev–Trinajstić information content (AvgIpc) is 2.56. The Bertz CT molecular complexity index is 698. The standard InChI is InChI=1S/C18H20Cl2N2O2/c1-3-22(4-2)17(18(23)24)12-8-5-6-11-15(12)21-16-13(19)9-7-10-14(16)20/h5-11,17,21H,3-4H2,1-2H3,(H,23,24). The van der Waals surface area contributed by atoms with Gasteiger partial charge in [0.15, 0.2) is 0 Å². The smallest absolute Gasteiger partial charge is 0.325 e. The van der Waals surface area contributed by atoms with E-state index >= 15 is 0 Å². The summed E-state index contributed by atoms with van der Waals surface area (Å²) in [5.41, 5.74) is 1.91. The van der Waals surface area contributed by atoms with Gasteiger partial charge in [-0.05, 0) is 31.3 Å². The van der Waals surface area contributed by atoms with Crippen LogP contribution in [-0.2, 0) is 4.79 Å². The van der Waals surface area contributed by atoms with E-state index in [4.69, 9.17) is 23.2 Å². The maximum atomic E-state index is 11.9. The first-order valence-corrected chi connectivity index (χ1v) is 8.52. The molecule has 2 N–H and O–H groups in total. The summed E-state index contributed by atoms with van der Waals surface area (Å²) in [7, 11) is 0. The van der Waals surface area contributed by atoms with Gasteiger partial charge in [-0.1, -0.05) is 61.3 Å². The van der Waals surface area contributed by atoms with Gasteiger partial charge in [0.05, 0.1) is 15.7 Å². The van der Waals surface area contributed by atoms with Crippen LogP contribution in [0.4, 0.5) is 11.4 Å². The number of nitrogens with zero attached hydrogens (tertiary/aromatic N) is 1. The van der Waals surface area contributed by atoms with Crippen molar-refractivity contribution in [2.24, 2.45) is 0 Å². The van der Waals surface area contributed by atoms with Gasteiger partial charge in [0.1, 0.15) is 6.04 Å². The third-order valence-corrected chi connectivity index (χ3v) is 4.52. The Morgan fingerprint density at radius 1 is 1.08 bits per heavy atom. The molecule has 2 aromatic carbocycles. The van der Waals surface area contributed by atoms with E-state index in [-0.39, 0.29) is 0 Å². The highest BCUT2D eigenvalue weighted by molar-refractivity contribution is 6.39. The minimum atomic E-state index is -0.891. The van der Waals surface area contributed by atoms with Gasteiger partial charge in [0, 0.05) is 11.3 Å². The number of hydrogen-bond donors (Lipinski definition) is 2. The van der Waals surface area contributed by atoms with Crippen molar-refractivity contribution in [3.8, 4) is 0 Å². The van der Waals surface area contributed by atoms with E-state index in [2.05, 4.69) is 5.32 Å². The van der Waals surface area contributed by atoms with E-state index < -0.39 is 12.0 Å². The molecule has 0 saturated carbocycles. The zero-order valence-corrected chi connectivity index (χ0v) is 15.1. The van der Waals surface area contributed by atoms with E-state index in [1.807, 2.05) is 43.0 Å². The van der Waals surface area contributed by atoms with Gasteiger partial charge < -0.3 is 10.4 Å². The molecule has 4 nitrogen and oxygen atoms in total. The van der Waals surface area contributed by atoms with Crippen LogP contribution < -0.4 is 5.32 Å². The molecule has 0 fully saturated rings. The molecule has 0 aliphatic carbocycles. The number of carboxylic acid groups (broad SMARTS) is 1. The van der Waals surface area contributed by atoms with E-state index in [0.717, 1.165) is 0 Å². The average molecular weight is 367 g/mol. The minimum Gasteiger partial charge on any atom is -0.480 e. The highest BCUT2D eigenvalue weighted by atomic mass is 35.5. The fourth-order valence-corrected chi connectivity index (χ4v) is 3.17. The largest absolute Gasteiger partial charge is 0.480 e. The predicted molar refractivity (Wildman–Crippen MR) is 99.5 cm³/mol. The van der Waals surface area contributed by atoms with Gasteiger partial charge in [-0.25, -0.2) is 0 Å². The molecule has 0 radical (unpaired) electrons.